The van der Waals surface area contributed by atoms with Gasteiger partial charge in [-0.1, -0.05) is 13.8 Å². The molecule has 0 spiro atoms. The zero-order chi connectivity index (χ0) is 13.6. The van der Waals surface area contributed by atoms with Gasteiger partial charge in [-0.3, -0.25) is 4.90 Å². The number of hydrogen-bond donors (Lipinski definition) is 1. The predicted molar refractivity (Wildman–Crippen MR) is 79.9 cm³/mol. The summed E-state index contributed by atoms with van der Waals surface area (Å²) in [5, 5.41) is 3.10. The van der Waals surface area contributed by atoms with Crippen LogP contribution in [0.1, 0.15) is 27.2 Å². The zero-order valence-electron chi connectivity index (χ0n) is 11.7. The molecule has 1 fully saturated rings. The summed E-state index contributed by atoms with van der Waals surface area (Å²) in [4.78, 5) is 2.16. The summed E-state index contributed by atoms with van der Waals surface area (Å²) in [7, 11) is -2.95. The van der Waals surface area contributed by atoms with Gasteiger partial charge >= 0.3 is 0 Å². The van der Waals surface area contributed by atoms with Gasteiger partial charge in [-0.25, -0.2) is 8.42 Å². The molecule has 4 nitrogen and oxygen atoms in total. The predicted octanol–water partition coefficient (Wildman–Crippen LogP) is 1.18. The van der Waals surface area contributed by atoms with Crippen LogP contribution >= 0.6 is 11.8 Å². The van der Waals surface area contributed by atoms with E-state index in [2.05, 4.69) is 24.1 Å². The average Bonchev–Trinajstić information content (AvgIpc) is 2.37. The Morgan fingerprint density at radius 2 is 2.17 bits per heavy atom. The fourth-order valence-electron chi connectivity index (χ4n) is 2.20. The molecule has 2 atom stereocenters. The Morgan fingerprint density at radius 3 is 2.78 bits per heavy atom. The lowest BCUT2D eigenvalue weighted by molar-refractivity contribution is 0.255. The summed E-state index contributed by atoms with van der Waals surface area (Å²) in [5.74, 6) is 2.02. The fraction of sp³-hybridized carbons (Fsp3) is 1.00. The monoisotopic (exact) mass is 294 g/mol. The summed E-state index contributed by atoms with van der Waals surface area (Å²) in [6.07, 6.45) is 1.01. The van der Waals surface area contributed by atoms with Crippen molar-refractivity contribution in [1.82, 2.24) is 10.2 Å². The van der Waals surface area contributed by atoms with Crippen molar-refractivity contribution >= 4 is 21.6 Å². The largest absolute Gasteiger partial charge is 0.314 e. The highest BCUT2D eigenvalue weighted by molar-refractivity contribution is 8.01. The number of rotatable bonds is 7. The van der Waals surface area contributed by atoms with Gasteiger partial charge < -0.3 is 5.32 Å². The highest BCUT2D eigenvalue weighted by atomic mass is 32.2. The van der Waals surface area contributed by atoms with E-state index in [1.165, 1.54) is 0 Å². The number of thioether (sulfide) groups is 1. The van der Waals surface area contributed by atoms with Crippen LogP contribution in [0.2, 0.25) is 0 Å². The molecule has 0 saturated carbocycles. The molecule has 2 unspecified atom stereocenters. The van der Waals surface area contributed by atoms with Crippen LogP contribution in [0.15, 0.2) is 0 Å². The van der Waals surface area contributed by atoms with Crippen LogP contribution in [-0.2, 0) is 9.84 Å². The van der Waals surface area contributed by atoms with Crippen molar-refractivity contribution in [3.8, 4) is 0 Å². The van der Waals surface area contributed by atoms with Gasteiger partial charge in [-0.2, -0.15) is 11.8 Å². The summed E-state index contributed by atoms with van der Waals surface area (Å²) < 4.78 is 24.1. The van der Waals surface area contributed by atoms with Gasteiger partial charge in [0.05, 0.1) is 0 Å². The number of hydrogen-bond acceptors (Lipinski definition) is 5. The number of nitrogens with one attached hydrogen (secondary N) is 1. The Kier molecular flexibility index (Phi) is 6.98. The topological polar surface area (TPSA) is 49.4 Å². The van der Waals surface area contributed by atoms with E-state index in [1.807, 2.05) is 0 Å². The summed E-state index contributed by atoms with van der Waals surface area (Å²) in [6, 6.07) is 0.453. The van der Waals surface area contributed by atoms with Crippen molar-refractivity contribution in [2.75, 3.05) is 36.9 Å². The van der Waals surface area contributed by atoms with Crippen LogP contribution in [0, 0.1) is 0 Å². The molecular formula is C12H26N2O2S2. The maximum atomic E-state index is 12.1. The first-order valence-corrected chi connectivity index (χ1v) is 9.65. The Bertz CT molecular complexity index is 333. The third kappa shape index (κ3) is 4.72. The molecule has 18 heavy (non-hydrogen) atoms. The Hall–Kier alpha value is 0.220. The first-order valence-electron chi connectivity index (χ1n) is 6.78. The lowest BCUT2D eigenvalue weighted by Gasteiger charge is -2.35. The second-order valence-electron chi connectivity index (χ2n) is 4.76. The summed E-state index contributed by atoms with van der Waals surface area (Å²) >= 11 is 1.76. The molecule has 1 aliphatic heterocycles. The molecule has 1 N–H and O–H groups in total. The standard InChI is InChI=1S/C12H26N2O2S2/c1-4-13-11(3)6-7-14-8-9-17-10-12(14)18(15,16)5-2/h11-13H,4-10H2,1-3H3. The van der Waals surface area contributed by atoms with E-state index in [9.17, 15) is 8.42 Å². The third-order valence-electron chi connectivity index (χ3n) is 3.41. The number of nitrogens with zero attached hydrogens (tertiary/aromatic N) is 1. The Labute approximate surface area is 116 Å². The normalized spacial score (nSPS) is 24.1. The van der Waals surface area contributed by atoms with Gasteiger partial charge in [0.15, 0.2) is 9.84 Å². The third-order valence-corrected chi connectivity index (χ3v) is 6.74. The summed E-state index contributed by atoms with van der Waals surface area (Å²) in [5.41, 5.74) is 0. The molecule has 6 heteroatoms. The molecule has 0 aromatic rings. The minimum atomic E-state index is -2.95. The first kappa shape index (κ1) is 16.3. The van der Waals surface area contributed by atoms with Crippen molar-refractivity contribution in [3.05, 3.63) is 0 Å². The van der Waals surface area contributed by atoms with Crippen molar-refractivity contribution in [1.29, 1.82) is 0 Å². The lowest BCUT2D eigenvalue weighted by atomic mass is 10.2. The van der Waals surface area contributed by atoms with E-state index in [0.717, 1.165) is 37.6 Å². The smallest absolute Gasteiger partial charge is 0.166 e. The molecule has 1 rings (SSSR count). The molecule has 1 aliphatic rings. The molecule has 0 radical (unpaired) electrons. The molecule has 0 aromatic heterocycles. The maximum Gasteiger partial charge on any atom is 0.166 e. The van der Waals surface area contributed by atoms with E-state index in [4.69, 9.17) is 0 Å². The molecular weight excluding hydrogens is 268 g/mol. The van der Waals surface area contributed by atoms with Gasteiger partial charge in [0, 0.05) is 36.4 Å². The number of sulfone groups is 1. The molecule has 0 aromatic carbocycles. The molecule has 0 bridgehead atoms. The second kappa shape index (κ2) is 7.72. The highest BCUT2D eigenvalue weighted by Crippen LogP contribution is 2.21. The first-order chi connectivity index (χ1) is 8.51. The fourth-order valence-corrected chi connectivity index (χ4v) is 5.31. The van der Waals surface area contributed by atoms with Crippen molar-refractivity contribution in [2.45, 2.75) is 38.6 Å². The van der Waals surface area contributed by atoms with Crippen LogP contribution in [0.5, 0.6) is 0 Å². The van der Waals surface area contributed by atoms with E-state index in [1.54, 1.807) is 18.7 Å². The van der Waals surface area contributed by atoms with Gasteiger partial charge in [0.25, 0.3) is 0 Å². The van der Waals surface area contributed by atoms with Gasteiger partial charge in [-0.05, 0) is 19.9 Å². The van der Waals surface area contributed by atoms with E-state index >= 15 is 0 Å². The van der Waals surface area contributed by atoms with Crippen molar-refractivity contribution in [2.24, 2.45) is 0 Å². The van der Waals surface area contributed by atoms with Crippen LogP contribution in [0.3, 0.4) is 0 Å². The SMILES string of the molecule is CCNC(C)CCN1CCSCC1S(=O)(=O)CC. The molecule has 0 amide bonds. The summed E-state index contributed by atoms with van der Waals surface area (Å²) in [6.45, 7) is 8.73. The van der Waals surface area contributed by atoms with E-state index < -0.39 is 9.84 Å². The molecule has 1 heterocycles. The van der Waals surface area contributed by atoms with Crippen LogP contribution in [-0.4, -0.2) is 61.6 Å². The highest BCUT2D eigenvalue weighted by Gasteiger charge is 2.32. The van der Waals surface area contributed by atoms with E-state index in [0.29, 0.717) is 6.04 Å². The van der Waals surface area contributed by atoms with Crippen LogP contribution in [0.25, 0.3) is 0 Å². The molecule has 0 aliphatic carbocycles. The van der Waals surface area contributed by atoms with Crippen LogP contribution in [0.4, 0.5) is 0 Å². The zero-order valence-corrected chi connectivity index (χ0v) is 13.3. The molecule has 1 saturated heterocycles. The maximum absolute atomic E-state index is 12.1. The Morgan fingerprint density at radius 1 is 1.44 bits per heavy atom. The molecule has 108 valence electrons. The van der Waals surface area contributed by atoms with Gasteiger partial charge in [0.1, 0.15) is 5.37 Å². The van der Waals surface area contributed by atoms with Crippen molar-refractivity contribution in [3.63, 3.8) is 0 Å². The van der Waals surface area contributed by atoms with E-state index in [-0.39, 0.29) is 11.1 Å². The quantitative estimate of drug-likeness (QED) is 0.764. The lowest BCUT2D eigenvalue weighted by Crippen LogP contribution is -2.49. The Balaban J connectivity index is 2.55. The van der Waals surface area contributed by atoms with Gasteiger partial charge in [0.2, 0.25) is 0 Å². The van der Waals surface area contributed by atoms with Gasteiger partial charge in [-0.15, -0.1) is 0 Å². The average molecular weight is 294 g/mol. The second-order valence-corrected chi connectivity index (χ2v) is 8.36. The minimum Gasteiger partial charge on any atom is -0.314 e. The van der Waals surface area contributed by atoms with Crippen molar-refractivity contribution < 1.29 is 8.42 Å². The van der Waals surface area contributed by atoms with Crippen LogP contribution < -0.4 is 5.32 Å². The minimum absolute atomic E-state index is 0.248.